The molecule has 0 bridgehead atoms. The van der Waals surface area contributed by atoms with E-state index >= 15 is 0 Å². The summed E-state index contributed by atoms with van der Waals surface area (Å²) in [6.45, 7) is 4.30. The van der Waals surface area contributed by atoms with Crippen molar-refractivity contribution < 1.29 is 4.79 Å². The molecule has 2 N–H and O–H groups in total. The van der Waals surface area contributed by atoms with Gasteiger partial charge in [0.1, 0.15) is 0 Å². The lowest BCUT2D eigenvalue weighted by Gasteiger charge is -2.35. The summed E-state index contributed by atoms with van der Waals surface area (Å²) >= 11 is 0. The first kappa shape index (κ1) is 16.4. The molecule has 1 saturated carbocycles. The van der Waals surface area contributed by atoms with Gasteiger partial charge in [-0.2, -0.15) is 0 Å². The Labute approximate surface area is 138 Å². The lowest BCUT2D eigenvalue weighted by atomic mass is 9.85. The molecule has 2 fully saturated rings. The molecule has 1 aliphatic heterocycles. The van der Waals surface area contributed by atoms with Crippen LogP contribution in [0, 0.1) is 5.92 Å². The number of hydrogen-bond donors (Lipinski definition) is 2. The van der Waals surface area contributed by atoms with Crippen LogP contribution in [0.4, 0.5) is 0 Å². The second-order valence-corrected chi connectivity index (χ2v) is 6.76. The number of carbonyl (C=O) groups excluding carboxylic acids is 1. The van der Waals surface area contributed by atoms with Crippen LogP contribution in [-0.4, -0.2) is 54.6 Å². The SMILES string of the molecule is O=C1CNCCN1CC1CCC(NCCc2ccccn2)CC1. The predicted octanol–water partition coefficient (Wildman–Crippen LogP) is 1.20. The number of nitrogens with zero attached hydrogens (tertiary/aromatic N) is 2. The monoisotopic (exact) mass is 316 g/mol. The van der Waals surface area contributed by atoms with Crippen LogP contribution in [0.5, 0.6) is 0 Å². The molecule has 0 aromatic carbocycles. The number of amides is 1. The van der Waals surface area contributed by atoms with Gasteiger partial charge in [-0.15, -0.1) is 0 Å². The molecule has 1 aromatic rings. The van der Waals surface area contributed by atoms with Gasteiger partial charge >= 0.3 is 0 Å². The maximum atomic E-state index is 11.9. The van der Waals surface area contributed by atoms with E-state index in [1.54, 1.807) is 0 Å². The fraction of sp³-hybridized carbons (Fsp3) is 0.667. The Kier molecular flexibility index (Phi) is 6.00. The fourth-order valence-electron chi connectivity index (χ4n) is 3.65. The first-order valence-corrected chi connectivity index (χ1v) is 8.93. The molecule has 23 heavy (non-hydrogen) atoms. The average Bonchev–Trinajstić information content (AvgIpc) is 2.59. The number of pyridine rings is 1. The van der Waals surface area contributed by atoms with E-state index in [1.165, 1.54) is 25.7 Å². The van der Waals surface area contributed by atoms with Crippen LogP contribution >= 0.6 is 0 Å². The minimum absolute atomic E-state index is 0.270. The molecule has 1 aromatic heterocycles. The first-order valence-electron chi connectivity index (χ1n) is 8.93. The minimum Gasteiger partial charge on any atom is -0.340 e. The summed E-state index contributed by atoms with van der Waals surface area (Å²) < 4.78 is 0. The number of carbonyl (C=O) groups is 1. The Morgan fingerprint density at radius 2 is 2.13 bits per heavy atom. The topological polar surface area (TPSA) is 57.3 Å². The van der Waals surface area contributed by atoms with E-state index in [1.807, 2.05) is 18.3 Å². The summed E-state index contributed by atoms with van der Waals surface area (Å²) in [6, 6.07) is 6.73. The number of rotatable bonds is 6. The van der Waals surface area contributed by atoms with Crippen LogP contribution in [0.15, 0.2) is 24.4 Å². The lowest BCUT2D eigenvalue weighted by molar-refractivity contribution is -0.132. The number of hydrogen-bond acceptors (Lipinski definition) is 4. The predicted molar refractivity (Wildman–Crippen MR) is 91.1 cm³/mol. The van der Waals surface area contributed by atoms with Crippen molar-refractivity contribution in [1.82, 2.24) is 20.5 Å². The molecule has 126 valence electrons. The van der Waals surface area contributed by atoms with E-state index in [2.05, 4.69) is 26.6 Å². The Balaban J connectivity index is 1.33. The van der Waals surface area contributed by atoms with E-state index in [0.29, 0.717) is 18.5 Å². The minimum atomic E-state index is 0.270. The molecule has 2 heterocycles. The van der Waals surface area contributed by atoms with Gasteiger partial charge in [0.2, 0.25) is 5.91 Å². The number of piperazine rings is 1. The quantitative estimate of drug-likeness (QED) is 0.828. The van der Waals surface area contributed by atoms with Crippen molar-refractivity contribution in [2.75, 3.05) is 32.7 Å². The Hall–Kier alpha value is -1.46. The second kappa shape index (κ2) is 8.41. The Morgan fingerprint density at radius 3 is 2.87 bits per heavy atom. The van der Waals surface area contributed by atoms with Crippen LogP contribution in [0.3, 0.4) is 0 Å². The highest BCUT2D eigenvalue weighted by atomic mass is 16.2. The summed E-state index contributed by atoms with van der Waals surface area (Å²) in [5, 5.41) is 6.81. The molecule has 2 aliphatic rings. The molecule has 0 radical (unpaired) electrons. The molecular weight excluding hydrogens is 288 g/mol. The zero-order chi connectivity index (χ0) is 15.9. The largest absolute Gasteiger partial charge is 0.340 e. The van der Waals surface area contributed by atoms with E-state index in [9.17, 15) is 4.79 Å². The molecule has 1 saturated heterocycles. The zero-order valence-electron chi connectivity index (χ0n) is 13.8. The van der Waals surface area contributed by atoms with Gasteiger partial charge in [-0.3, -0.25) is 9.78 Å². The third-order valence-electron chi connectivity index (χ3n) is 5.05. The molecule has 1 amide bonds. The smallest absolute Gasteiger partial charge is 0.236 e. The second-order valence-electron chi connectivity index (χ2n) is 6.76. The highest BCUT2D eigenvalue weighted by molar-refractivity contribution is 5.78. The van der Waals surface area contributed by atoms with Gasteiger partial charge in [0, 0.05) is 50.5 Å². The number of aromatic nitrogens is 1. The van der Waals surface area contributed by atoms with Gasteiger partial charge < -0.3 is 15.5 Å². The number of nitrogens with one attached hydrogen (secondary N) is 2. The van der Waals surface area contributed by atoms with Crippen LogP contribution in [0.2, 0.25) is 0 Å². The van der Waals surface area contributed by atoms with Crippen molar-refractivity contribution in [2.45, 2.75) is 38.1 Å². The molecule has 5 nitrogen and oxygen atoms in total. The van der Waals surface area contributed by atoms with Crippen LogP contribution in [0.1, 0.15) is 31.4 Å². The van der Waals surface area contributed by atoms with Crippen molar-refractivity contribution in [3.05, 3.63) is 30.1 Å². The zero-order valence-corrected chi connectivity index (χ0v) is 13.8. The standard InChI is InChI=1S/C18H28N4O/c23-18-13-19-11-12-22(18)14-15-4-6-17(7-5-15)21-10-8-16-3-1-2-9-20-16/h1-3,9,15,17,19,21H,4-8,10-14H2. The highest BCUT2D eigenvalue weighted by Crippen LogP contribution is 2.25. The summed E-state index contributed by atoms with van der Waals surface area (Å²) in [5.74, 6) is 0.956. The molecule has 0 spiro atoms. The van der Waals surface area contributed by atoms with Gasteiger partial charge in [-0.25, -0.2) is 0 Å². The van der Waals surface area contributed by atoms with Gasteiger partial charge in [0.05, 0.1) is 6.54 Å². The first-order chi connectivity index (χ1) is 11.3. The molecule has 5 heteroatoms. The van der Waals surface area contributed by atoms with Crippen LogP contribution < -0.4 is 10.6 Å². The lowest BCUT2D eigenvalue weighted by Crippen LogP contribution is -2.50. The maximum absolute atomic E-state index is 11.9. The van der Waals surface area contributed by atoms with E-state index in [-0.39, 0.29) is 5.91 Å². The molecular formula is C18H28N4O. The van der Waals surface area contributed by atoms with Gasteiger partial charge in [0.25, 0.3) is 0 Å². The van der Waals surface area contributed by atoms with Crippen molar-refractivity contribution in [2.24, 2.45) is 5.92 Å². The average molecular weight is 316 g/mol. The maximum Gasteiger partial charge on any atom is 0.236 e. The molecule has 0 unspecified atom stereocenters. The fourth-order valence-corrected chi connectivity index (χ4v) is 3.65. The third kappa shape index (κ3) is 5.01. The van der Waals surface area contributed by atoms with Crippen LogP contribution in [0.25, 0.3) is 0 Å². The Morgan fingerprint density at radius 1 is 1.26 bits per heavy atom. The molecule has 1 aliphatic carbocycles. The summed E-state index contributed by atoms with van der Waals surface area (Å²) in [6.07, 6.45) is 7.78. The van der Waals surface area contributed by atoms with Crippen LogP contribution in [-0.2, 0) is 11.2 Å². The van der Waals surface area contributed by atoms with Gasteiger partial charge in [0.15, 0.2) is 0 Å². The normalized spacial score (nSPS) is 25.6. The van der Waals surface area contributed by atoms with E-state index in [4.69, 9.17) is 0 Å². The van der Waals surface area contributed by atoms with Gasteiger partial charge in [-0.1, -0.05) is 6.07 Å². The van der Waals surface area contributed by atoms with Gasteiger partial charge in [-0.05, 0) is 43.7 Å². The van der Waals surface area contributed by atoms with Crippen molar-refractivity contribution >= 4 is 5.91 Å². The summed E-state index contributed by atoms with van der Waals surface area (Å²) in [7, 11) is 0. The van der Waals surface area contributed by atoms with Crippen molar-refractivity contribution in [3.8, 4) is 0 Å². The molecule has 0 atom stereocenters. The summed E-state index contributed by atoms with van der Waals surface area (Å²) in [4.78, 5) is 18.3. The third-order valence-corrected chi connectivity index (χ3v) is 5.05. The van der Waals surface area contributed by atoms with E-state index in [0.717, 1.165) is 38.3 Å². The summed E-state index contributed by atoms with van der Waals surface area (Å²) in [5.41, 5.74) is 1.16. The van der Waals surface area contributed by atoms with Crippen molar-refractivity contribution in [3.63, 3.8) is 0 Å². The molecule has 3 rings (SSSR count). The highest BCUT2D eigenvalue weighted by Gasteiger charge is 2.25. The Bertz CT molecular complexity index is 485. The van der Waals surface area contributed by atoms with Crippen molar-refractivity contribution in [1.29, 1.82) is 0 Å². The van der Waals surface area contributed by atoms with E-state index < -0.39 is 0 Å².